The van der Waals surface area contributed by atoms with Crippen LogP contribution in [0, 0.1) is 17.8 Å². The van der Waals surface area contributed by atoms with E-state index in [1.807, 2.05) is 0 Å². The van der Waals surface area contributed by atoms with Crippen LogP contribution in [0.1, 0.15) is 32.1 Å². The van der Waals surface area contributed by atoms with Gasteiger partial charge in [-0.3, -0.25) is 0 Å². The molecule has 1 nitrogen and oxygen atoms in total. The summed E-state index contributed by atoms with van der Waals surface area (Å²) < 4.78 is 0. The summed E-state index contributed by atoms with van der Waals surface area (Å²) in [4.78, 5) is 0. The molecule has 0 aromatic rings. The Kier molecular flexibility index (Phi) is 1.31. The van der Waals surface area contributed by atoms with Gasteiger partial charge in [-0.1, -0.05) is 19.3 Å². The van der Waals surface area contributed by atoms with Crippen molar-refractivity contribution in [2.24, 2.45) is 17.8 Å². The van der Waals surface area contributed by atoms with Gasteiger partial charge in [0.05, 0.1) is 0 Å². The number of piperidine rings is 2. The van der Waals surface area contributed by atoms with Gasteiger partial charge in [0.15, 0.2) is 0 Å². The topological polar surface area (TPSA) is 12.0 Å². The fourth-order valence-corrected chi connectivity index (χ4v) is 3.67. The van der Waals surface area contributed by atoms with Crippen molar-refractivity contribution in [1.29, 1.82) is 0 Å². The van der Waals surface area contributed by atoms with Crippen molar-refractivity contribution in [3.05, 3.63) is 0 Å². The van der Waals surface area contributed by atoms with Crippen LogP contribution < -0.4 is 5.32 Å². The van der Waals surface area contributed by atoms with E-state index in [1.165, 1.54) is 25.8 Å². The van der Waals surface area contributed by atoms with Crippen molar-refractivity contribution in [2.45, 2.75) is 38.1 Å². The normalized spacial score (nSPS) is 54.5. The molecule has 4 aliphatic rings. The van der Waals surface area contributed by atoms with E-state index in [1.54, 1.807) is 12.8 Å². The monoisotopic (exact) mass is 151 g/mol. The molecule has 1 N–H and O–H groups in total. The van der Waals surface area contributed by atoms with Gasteiger partial charge in [-0.2, -0.15) is 0 Å². The number of hydrogen-bond acceptors (Lipinski definition) is 1. The van der Waals surface area contributed by atoms with Gasteiger partial charge in [-0.05, 0) is 37.1 Å². The van der Waals surface area contributed by atoms with Crippen LogP contribution in [0.3, 0.4) is 0 Å². The minimum atomic E-state index is 0.912. The first-order chi connectivity index (χ1) is 5.43. The Morgan fingerprint density at radius 1 is 1.00 bits per heavy atom. The van der Waals surface area contributed by atoms with E-state index >= 15 is 0 Å². The lowest BCUT2D eigenvalue weighted by Crippen LogP contribution is -2.54. The first-order valence-electron chi connectivity index (χ1n) is 5.17. The fourth-order valence-electron chi connectivity index (χ4n) is 3.67. The molecule has 4 fully saturated rings. The minimum Gasteiger partial charge on any atom is -0.314 e. The van der Waals surface area contributed by atoms with Crippen molar-refractivity contribution >= 4 is 0 Å². The maximum Gasteiger partial charge on any atom is 0.00726 e. The number of rotatable bonds is 0. The van der Waals surface area contributed by atoms with Gasteiger partial charge in [-0.15, -0.1) is 0 Å². The Bertz CT molecular complexity index is 152. The summed E-state index contributed by atoms with van der Waals surface area (Å²) in [6, 6.07) is 0.912. The Balaban J connectivity index is 1.88. The highest BCUT2D eigenvalue weighted by molar-refractivity contribution is 4.97. The number of fused-ring (bicyclic) bond motifs is 1. The van der Waals surface area contributed by atoms with Gasteiger partial charge in [0.2, 0.25) is 0 Å². The summed E-state index contributed by atoms with van der Waals surface area (Å²) >= 11 is 0. The molecule has 2 saturated heterocycles. The second kappa shape index (κ2) is 2.22. The lowest BCUT2D eigenvalue weighted by Gasteiger charge is -2.51. The Hall–Kier alpha value is -0.0400. The summed E-state index contributed by atoms with van der Waals surface area (Å²) in [5, 5.41) is 3.65. The number of hydrogen-bond donors (Lipinski definition) is 1. The highest BCUT2D eigenvalue weighted by Crippen LogP contribution is 2.46. The van der Waals surface area contributed by atoms with E-state index in [2.05, 4.69) is 5.32 Å². The molecule has 2 saturated carbocycles. The molecule has 0 radical (unpaired) electrons. The maximum absolute atomic E-state index is 3.65. The van der Waals surface area contributed by atoms with Crippen LogP contribution in [0.4, 0.5) is 0 Å². The number of nitrogens with one attached hydrogen (secondary N) is 1. The average Bonchev–Trinajstić information content (AvgIpc) is 2.05. The zero-order chi connectivity index (χ0) is 7.26. The summed E-state index contributed by atoms with van der Waals surface area (Å²) in [5.74, 6) is 3.32. The van der Waals surface area contributed by atoms with Crippen LogP contribution >= 0.6 is 0 Å². The van der Waals surface area contributed by atoms with Crippen molar-refractivity contribution < 1.29 is 0 Å². The van der Waals surface area contributed by atoms with Gasteiger partial charge >= 0.3 is 0 Å². The minimum absolute atomic E-state index is 0.912. The highest BCUT2D eigenvalue weighted by Gasteiger charge is 2.43. The van der Waals surface area contributed by atoms with Crippen molar-refractivity contribution in [2.75, 3.05) is 6.54 Å². The molecule has 11 heavy (non-hydrogen) atoms. The zero-order valence-electron chi connectivity index (χ0n) is 7.05. The maximum atomic E-state index is 3.65. The Morgan fingerprint density at radius 3 is 2.27 bits per heavy atom. The third-order valence-electron chi connectivity index (χ3n) is 4.18. The van der Waals surface area contributed by atoms with E-state index in [9.17, 15) is 0 Å². The summed E-state index contributed by atoms with van der Waals surface area (Å²) in [5.41, 5.74) is 0. The first-order valence-corrected chi connectivity index (χ1v) is 5.17. The first kappa shape index (κ1) is 6.47. The highest BCUT2D eigenvalue weighted by atomic mass is 15.0. The van der Waals surface area contributed by atoms with E-state index in [0.29, 0.717) is 0 Å². The van der Waals surface area contributed by atoms with Gasteiger partial charge in [0, 0.05) is 6.04 Å². The molecule has 2 atom stereocenters. The van der Waals surface area contributed by atoms with Gasteiger partial charge < -0.3 is 5.32 Å². The second-order valence-electron chi connectivity index (χ2n) is 4.69. The van der Waals surface area contributed by atoms with Crippen LogP contribution in [-0.2, 0) is 0 Å². The van der Waals surface area contributed by atoms with Gasteiger partial charge in [0.1, 0.15) is 0 Å². The summed E-state index contributed by atoms with van der Waals surface area (Å²) in [7, 11) is 0. The fraction of sp³-hybridized carbons (Fsp3) is 1.00. The zero-order valence-corrected chi connectivity index (χ0v) is 7.05. The third kappa shape index (κ3) is 0.868. The predicted octanol–water partition coefficient (Wildman–Crippen LogP) is 1.78. The molecule has 0 aromatic heterocycles. The molecule has 2 unspecified atom stereocenters. The molecule has 2 heterocycles. The van der Waals surface area contributed by atoms with E-state index in [0.717, 1.165) is 23.8 Å². The van der Waals surface area contributed by atoms with Crippen molar-refractivity contribution in [3.63, 3.8) is 0 Å². The quantitative estimate of drug-likeness (QED) is 0.556. The molecule has 2 aliphatic heterocycles. The van der Waals surface area contributed by atoms with Gasteiger partial charge in [0.25, 0.3) is 0 Å². The second-order valence-corrected chi connectivity index (χ2v) is 4.69. The van der Waals surface area contributed by atoms with Crippen molar-refractivity contribution in [3.8, 4) is 0 Å². The SMILES string of the molecule is C1CC2CC3CC(C1)C2CN3. The smallest absolute Gasteiger partial charge is 0.00726 e. The largest absolute Gasteiger partial charge is 0.314 e. The van der Waals surface area contributed by atoms with Crippen LogP contribution in [0.25, 0.3) is 0 Å². The van der Waals surface area contributed by atoms with Crippen LogP contribution in [-0.4, -0.2) is 12.6 Å². The third-order valence-corrected chi connectivity index (χ3v) is 4.18. The van der Waals surface area contributed by atoms with Crippen LogP contribution in [0.2, 0.25) is 0 Å². The predicted molar refractivity (Wildman–Crippen MR) is 45.3 cm³/mol. The van der Waals surface area contributed by atoms with Gasteiger partial charge in [-0.25, -0.2) is 0 Å². The van der Waals surface area contributed by atoms with Crippen LogP contribution in [0.5, 0.6) is 0 Å². The molecular formula is C10H17N. The molecule has 0 spiro atoms. The lowest BCUT2D eigenvalue weighted by molar-refractivity contribution is 0.0253. The molecule has 4 rings (SSSR count). The molecule has 1 heteroatoms. The van der Waals surface area contributed by atoms with E-state index in [4.69, 9.17) is 0 Å². The molecular weight excluding hydrogens is 134 g/mol. The average molecular weight is 151 g/mol. The molecule has 2 aliphatic carbocycles. The van der Waals surface area contributed by atoms with E-state index < -0.39 is 0 Å². The Morgan fingerprint density at radius 2 is 1.73 bits per heavy atom. The van der Waals surface area contributed by atoms with Crippen LogP contribution in [0.15, 0.2) is 0 Å². The lowest BCUT2D eigenvalue weighted by atomic mass is 9.60. The molecule has 62 valence electrons. The summed E-state index contributed by atoms with van der Waals surface area (Å²) in [6.07, 6.45) is 7.61. The molecule has 4 bridgehead atoms. The standard InChI is InChI=1S/C10H17N/c1-2-7-4-9-5-8(3-1)10(7)6-11-9/h7-11H,1-6H2. The van der Waals surface area contributed by atoms with E-state index in [-0.39, 0.29) is 0 Å². The molecule has 0 amide bonds. The Labute approximate surface area is 68.6 Å². The van der Waals surface area contributed by atoms with Crippen molar-refractivity contribution in [1.82, 2.24) is 5.32 Å². The molecule has 0 aromatic carbocycles. The summed E-state index contributed by atoms with van der Waals surface area (Å²) in [6.45, 7) is 1.35.